The summed E-state index contributed by atoms with van der Waals surface area (Å²) in [5, 5.41) is 2.40. The molecule has 0 radical (unpaired) electrons. The van der Waals surface area contributed by atoms with E-state index in [0.717, 1.165) is 18.9 Å². The van der Waals surface area contributed by atoms with Crippen LogP contribution in [-0.2, 0) is 9.53 Å². The number of amides is 1. The third-order valence-corrected chi connectivity index (χ3v) is 3.25. The first-order valence-electron chi connectivity index (χ1n) is 6.35. The fourth-order valence-corrected chi connectivity index (χ4v) is 1.96. The molecule has 1 aromatic carbocycles. The van der Waals surface area contributed by atoms with Gasteiger partial charge in [0.1, 0.15) is 6.04 Å². The van der Waals surface area contributed by atoms with Crippen molar-refractivity contribution in [3.8, 4) is 0 Å². The number of esters is 1. The molecule has 0 bridgehead atoms. The maximum absolute atomic E-state index is 13.5. The lowest BCUT2D eigenvalue weighted by Gasteiger charge is -2.16. The third kappa shape index (κ3) is 3.31. The Labute approximate surface area is 115 Å². The minimum Gasteiger partial charge on any atom is -0.467 e. The van der Waals surface area contributed by atoms with Crippen molar-refractivity contribution in [2.75, 3.05) is 7.11 Å². The predicted octanol–water partition coefficient (Wildman–Crippen LogP) is 2.04. The van der Waals surface area contributed by atoms with Gasteiger partial charge in [0.2, 0.25) is 0 Å². The first-order chi connectivity index (χ1) is 9.52. The summed E-state index contributed by atoms with van der Waals surface area (Å²) in [5.41, 5.74) is -0.422. The van der Waals surface area contributed by atoms with Crippen LogP contribution in [0, 0.1) is 17.6 Å². The Hall–Kier alpha value is -1.98. The number of halogens is 2. The number of methoxy groups -OCH3 is 1. The molecule has 0 heterocycles. The van der Waals surface area contributed by atoms with Gasteiger partial charge in [0, 0.05) is 0 Å². The van der Waals surface area contributed by atoms with Gasteiger partial charge >= 0.3 is 5.97 Å². The molecule has 1 fully saturated rings. The first-order valence-corrected chi connectivity index (χ1v) is 6.35. The zero-order chi connectivity index (χ0) is 14.7. The van der Waals surface area contributed by atoms with Gasteiger partial charge in [0.25, 0.3) is 5.91 Å². The van der Waals surface area contributed by atoms with Crippen LogP contribution in [-0.4, -0.2) is 25.0 Å². The molecule has 20 heavy (non-hydrogen) atoms. The molecule has 1 amide bonds. The summed E-state index contributed by atoms with van der Waals surface area (Å²) in [6, 6.07) is 2.50. The summed E-state index contributed by atoms with van der Waals surface area (Å²) in [6.07, 6.45) is 2.45. The van der Waals surface area contributed by atoms with Crippen LogP contribution in [0.5, 0.6) is 0 Å². The molecule has 1 aromatic rings. The number of hydrogen-bond acceptors (Lipinski definition) is 3. The van der Waals surface area contributed by atoms with E-state index in [9.17, 15) is 18.4 Å². The summed E-state index contributed by atoms with van der Waals surface area (Å²) < 4.78 is 31.2. The molecule has 1 saturated carbocycles. The van der Waals surface area contributed by atoms with E-state index in [1.807, 2.05) is 0 Å². The van der Waals surface area contributed by atoms with Crippen LogP contribution in [0.15, 0.2) is 18.2 Å². The van der Waals surface area contributed by atoms with Gasteiger partial charge in [-0.3, -0.25) is 4.79 Å². The quantitative estimate of drug-likeness (QED) is 0.841. The summed E-state index contributed by atoms with van der Waals surface area (Å²) in [6.45, 7) is 0. The molecule has 0 spiro atoms. The minimum absolute atomic E-state index is 0.372. The summed E-state index contributed by atoms with van der Waals surface area (Å²) >= 11 is 0. The molecule has 0 aromatic heterocycles. The second-order valence-electron chi connectivity index (χ2n) is 4.83. The van der Waals surface area contributed by atoms with Crippen molar-refractivity contribution in [1.29, 1.82) is 0 Å². The number of benzene rings is 1. The average molecular weight is 283 g/mol. The first kappa shape index (κ1) is 14.4. The van der Waals surface area contributed by atoms with Gasteiger partial charge in [-0.05, 0) is 24.5 Å². The van der Waals surface area contributed by atoms with Crippen molar-refractivity contribution in [3.63, 3.8) is 0 Å². The zero-order valence-corrected chi connectivity index (χ0v) is 11.0. The zero-order valence-electron chi connectivity index (χ0n) is 11.0. The molecule has 1 aliphatic rings. The Balaban J connectivity index is 2.10. The van der Waals surface area contributed by atoms with E-state index < -0.39 is 35.1 Å². The van der Waals surface area contributed by atoms with Gasteiger partial charge in [-0.1, -0.05) is 18.9 Å². The molecule has 1 atom stereocenters. The number of ether oxygens (including phenoxy) is 1. The Bertz CT molecular complexity index is 529. The Morgan fingerprint density at radius 1 is 1.40 bits per heavy atom. The molecular formula is C14H15F2NO3. The Morgan fingerprint density at radius 2 is 2.10 bits per heavy atom. The largest absolute Gasteiger partial charge is 0.467 e. The highest BCUT2D eigenvalue weighted by Crippen LogP contribution is 2.33. The molecule has 0 aliphatic heterocycles. The number of carbonyl (C=O) groups excluding carboxylic acids is 2. The van der Waals surface area contributed by atoms with Crippen LogP contribution in [0.4, 0.5) is 8.78 Å². The molecule has 1 aliphatic carbocycles. The molecule has 108 valence electrons. The summed E-state index contributed by atoms with van der Waals surface area (Å²) in [7, 11) is 1.22. The van der Waals surface area contributed by atoms with E-state index in [0.29, 0.717) is 12.3 Å². The van der Waals surface area contributed by atoms with Crippen molar-refractivity contribution < 1.29 is 23.1 Å². The Morgan fingerprint density at radius 3 is 2.70 bits per heavy atom. The normalized spacial score (nSPS) is 15.6. The fourth-order valence-electron chi connectivity index (χ4n) is 1.96. The second-order valence-corrected chi connectivity index (χ2v) is 4.83. The van der Waals surface area contributed by atoms with E-state index in [4.69, 9.17) is 0 Å². The van der Waals surface area contributed by atoms with Crippen LogP contribution in [0.3, 0.4) is 0 Å². The Kier molecular flexibility index (Phi) is 4.32. The van der Waals surface area contributed by atoms with Gasteiger partial charge in [-0.2, -0.15) is 0 Å². The van der Waals surface area contributed by atoms with Crippen LogP contribution in [0.25, 0.3) is 0 Å². The number of nitrogens with one attached hydrogen (secondary N) is 1. The van der Waals surface area contributed by atoms with E-state index in [2.05, 4.69) is 10.1 Å². The fraction of sp³-hybridized carbons (Fsp3) is 0.429. The third-order valence-electron chi connectivity index (χ3n) is 3.25. The van der Waals surface area contributed by atoms with Crippen LogP contribution in [0.1, 0.15) is 29.6 Å². The average Bonchev–Trinajstić information content (AvgIpc) is 3.24. The lowest BCUT2D eigenvalue weighted by molar-refractivity contribution is -0.143. The van der Waals surface area contributed by atoms with E-state index in [1.165, 1.54) is 19.2 Å². The van der Waals surface area contributed by atoms with Gasteiger partial charge in [-0.15, -0.1) is 0 Å². The van der Waals surface area contributed by atoms with Crippen LogP contribution >= 0.6 is 0 Å². The maximum Gasteiger partial charge on any atom is 0.328 e. The number of carbonyl (C=O) groups is 2. The lowest BCUT2D eigenvalue weighted by Crippen LogP contribution is -2.42. The summed E-state index contributed by atoms with van der Waals surface area (Å²) in [5.74, 6) is -3.36. The van der Waals surface area contributed by atoms with Crippen LogP contribution in [0.2, 0.25) is 0 Å². The van der Waals surface area contributed by atoms with E-state index in [-0.39, 0.29) is 0 Å². The standard InChI is InChI=1S/C14H15F2NO3/c1-20-14(19)11(7-8-5-6-8)17-13(18)9-3-2-4-10(15)12(9)16/h2-4,8,11H,5-7H2,1H3,(H,17,18)/t11-/m0/s1. The molecule has 6 heteroatoms. The summed E-state index contributed by atoms with van der Waals surface area (Å²) in [4.78, 5) is 23.5. The lowest BCUT2D eigenvalue weighted by atomic mass is 10.1. The number of hydrogen-bond donors (Lipinski definition) is 1. The van der Waals surface area contributed by atoms with E-state index >= 15 is 0 Å². The SMILES string of the molecule is COC(=O)[C@H](CC1CC1)NC(=O)c1cccc(F)c1F. The van der Waals surface area contributed by atoms with Gasteiger partial charge in [0.15, 0.2) is 11.6 Å². The van der Waals surface area contributed by atoms with Crippen molar-refractivity contribution in [2.45, 2.75) is 25.3 Å². The second kappa shape index (κ2) is 5.98. The molecule has 2 rings (SSSR count). The van der Waals surface area contributed by atoms with Gasteiger partial charge < -0.3 is 10.1 Å². The maximum atomic E-state index is 13.5. The number of rotatable bonds is 5. The van der Waals surface area contributed by atoms with Crippen LogP contribution < -0.4 is 5.32 Å². The predicted molar refractivity (Wildman–Crippen MR) is 67.0 cm³/mol. The van der Waals surface area contributed by atoms with Crippen molar-refractivity contribution in [1.82, 2.24) is 5.32 Å². The van der Waals surface area contributed by atoms with Gasteiger partial charge in [-0.25, -0.2) is 13.6 Å². The monoisotopic (exact) mass is 283 g/mol. The molecule has 0 saturated heterocycles. The minimum atomic E-state index is -1.22. The van der Waals surface area contributed by atoms with Crippen molar-refractivity contribution >= 4 is 11.9 Å². The highest BCUT2D eigenvalue weighted by atomic mass is 19.2. The highest BCUT2D eigenvalue weighted by molar-refractivity contribution is 5.97. The van der Waals surface area contributed by atoms with Crippen molar-refractivity contribution in [2.24, 2.45) is 5.92 Å². The topological polar surface area (TPSA) is 55.4 Å². The van der Waals surface area contributed by atoms with Crippen molar-refractivity contribution in [3.05, 3.63) is 35.4 Å². The molecule has 1 N–H and O–H groups in total. The molecule has 4 nitrogen and oxygen atoms in total. The van der Waals surface area contributed by atoms with E-state index in [1.54, 1.807) is 0 Å². The highest BCUT2D eigenvalue weighted by Gasteiger charge is 2.31. The van der Waals surface area contributed by atoms with Gasteiger partial charge in [0.05, 0.1) is 12.7 Å². The molecule has 0 unspecified atom stereocenters. The smallest absolute Gasteiger partial charge is 0.328 e. The molecular weight excluding hydrogens is 268 g/mol.